The van der Waals surface area contributed by atoms with Crippen molar-refractivity contribution in [3.8, 4) is 0 Å². The number of nitrogens with zero attached hydrogens (tertiary/aromatic N) is 2. The summed E-state index contributed by atoms with van der Waals surface area (Å²) in [7, 11) is 0.745. The van der Waals surface area contributed by atoms with Crippen LogP contribution in [0.4, 0.5) is 5.69 Å². The maximum absolute atomic E-state index is 12.6. The summed E-state index contributed by atoms with van der Waals surface area (Å²) in [6, 6.07) is 6.93. The normalized spacial score (nSPS) is 26.4. The van der Waals surface area contributed by atoms with Gasteiger partial charge in [-0.05, 0) is 44.1 Å². The Bertz CT molecular complexity index is 712. The van der Waals surface area contributed by atoms with Crippen LogP contribution in [0.1, 0.15) is 23.2 Å². The highest BCUT2D eigenvalue weighted by molar-refractivity contribution is 7.91. The summed E-state index contributed by atoms with van der Waals surface area (Å²) in [5.74, 6) is -0.0202. The molecule has 1 amide bonds. The molecule has 24 heavy (non-hydrogen) atoms. The second-order valence-corrected chi connectivity index (χ2v) is 9.07. The topological polar surface area (TPSA) is 69.7 Å². The van der Waals surface area contributed by atoms with Crippen LogP contribution in [0, 0.1) is 0 Å². The van der Waals surface area contributed by atoms with E-state index in [1.165, 1.54) is 0 Å². The first-order chi connectivity index (χ1) is 11.4. The number of carbonyl (C=O) groups excluding carboxylic acids is 1. The lowest BCUT2D eigenvalue weighted by Crippen LogP contribution is -2.50. The molecule has 0 bridgehead atoms. The number of nitrogens with one attached hydrogen (secondary N) is 1. The minimum absolute atomic E-state index is 0.0350. The van der Waals surface area contributed by atoms with Crippen LogP contribution in [0.3, 0.4) is 0 Å². The van der Waals surface area contributed by atoms with Crippen molar-refractivity contribution < 1.29 is 13.2 Å². The molecular weight excluding hydrogens is 326 g/mol. The smallest absolute Gasteiger partial charge is 0.251 e. The van der Waals surface area contributed by atoms with E-state index < -0.39 is 9.84 Å². The Morgan fingerprint density at radius 1 is 1.21 bits per heavy atom. The van der Waals surface area contributed by atoms with Crippen molar-refractivity contribution in [2.45, 2.75) is 24.9 Å². The third-order valence-electron chi connectivity index (χ3n) is 4.87. The van der Waals surface area contributed by atoms with Gasteiger partial charge in [0.05, 0.1) is 17.5 Å². The van der Waals surface area contributed by atoms with Crippen molar-refractivity contribution in [2.75, 3.05) is 43.6 Å². The summed E-state index contributed by atoms with van der Waals surface area (Å²) >= 11 is 0. The molecule has 2 atom stereocenters. The zero-order valence-electron chi connectivity index (χ0n) is 14.2. The van der Waals surface area contributed by atoms with Gasteiger partial charge in [-0.15, -0.1) is 0 Å². The summed E-state index contributed by atoms with van der Waals surface area (Å²) in [4.78, 5) is 16.8. The van der Waals surface area contributed by atoms with Gasteiger partial charge in [0.1, 0.15) is 0 Å². The Morgan fingerprint density at radius 3 is 2.58 bits per heavy atom. The molecule has 2 unspecified atom stereocenters. The van der Waals surface area contributed by atoms with E-state index in [-0.39, 0.29) is 29.5 Å². The van der Waals surface area contributed by atoms with Crippen LogP contribution in [0.5, 0.6) is 0 Å². The minimum Gasteiger partial charge on any atom is -0.378 e. The number of hydrogen-bond donors (Lipinski definition) is 1. The van der Waals surface area contributed by atoms with E-state index >= 15 is 0 Å². The Labute approximate surface area is 143 Å². The Hall–Kier alpha value is -1.60. The van der Waals surface area contributed by atoms with E-state index in [1.54, 1.807) is 6.07 Å². The molecule has 1 aromatic carbocycles. The van der Waals surface area contributed by atoms with Gasteiger partial charge < -0.3 is 10.2 Å². The van der Waals surface area contributed by atoms with Crippen LogP contribution in [0.2, 0.25) is 0 Å². The molecule has 0 radical (unpaired) electrons. The third-order valence-corrected chi connectivity index (χ3v) is 6.59. The van der Waals surface area contributed by atoms with Crippen LogP contribution in [0.15, 0.2) is 24.3 Å². The molecule has 2 aliphatic rings. The monoisotopic (exact) mass is 351 g/mol. The Balaban J connectivity index is 1.75. The van der Waals surface area contributed by atoms with E-state index in [9.17, 15) is 13.2 Å². The average molecular weight is 351 g/mol. The highest BCUT2D eigenvalue weighted by Crippen LogP contribution is 2.23. The quantitative estimate of drug-likeness (QED) is 0.867. The molecule has 2 aliphatic heterocycles. The largest absolute Gasteiger partial charge is 0.378 e. The predicted octanol–water partition coefficient (Wildman–Crippen LogP) is 0.744. The first-order valence-electron chi connectivity index (χ1n) is 8.38. The van der Waals surface area contributed by atoms with Gasteiger partial charge in [-0.25, -0.2) is 8.42 Å². The van der Waals surface area contributed by atoms with Crippen LogP contribution in [-0.2, 0) is 9.84 Å². The molecular formula is C17H25N3O3S. The van der Waals surface area contributed by atoms with Crippen molar-refractivity contribution in [3.63, 3.8) is 0 Å². The fraction of sp³-hybridized carbons (Fsp3) is 0.588. The van der Waals surface area contributed by atoms with Gasteiger partial charge in [0, 0.05) is 31.4 Å². The lowest BCUT2D eigenvalue weighted by molar-refractivity contribution is 0.0918. The summed E-state index contributed by atoms with van der Waals surface area (Å²) in [5.41, 5.74) is 1.50. The van der Waals surface area contributed by atoms with Crippen molar-refractivity contribution in [2.24, 2.45) is 0 Å². The molecule has 7 heteroatoms. The standard InChI is InChI=1S/C17H25N3O3S/c1-19(2)14-7-5-6-13(10-14)17(21)18-15-11-24(22,23)12-16(15)20-8-3-4-9-20/h5-7,10,15-16H,3-4,8-9,11-12H2,1-2H3,(H,18,21). The first kappa shape index (κ1) is 17.2. The van der Waals surface area contributed by atoms with Crippen molar-refractivity contribution in [1.29, 1.82) is 0 Å². The number of rotatable bonds is 4. The van der Waals surface area contributed by atoms with Gasteiger partial charge in [0.15, 0.2) is 9.84 Å². The summed E-state index contributed by atoms with van der Waals surface area (Å²) in [6.45, 7) is 1.84. The van der Waals surface area contributed by atoms with Gasteiger partial charge in [-0.2, -0.15) is 0 Å². The highest BCUT2D eigenvalue weighted by atomic mass is 32.2. The summed E-state index contributed by atoms with van der Waals surface area (Å²) < 4.78 is 24.2. The van der Waals surface area contributed by atoms with Crippen LogP contribution in [0.25, 0.3) is 0 Å². The van der Waals surface area contributed by atoms with Crippen molar-refractivity contribution in [3.05, 3.63) is 29.8 Å². The third kappa shape index (κ3) is 3.72. The molecule has 2 fully saturated rings. The zero-order valence-corrected chi connectivity index (χ0v) is 15.1. The van der Waals surface area contributed by atoms with Gasteiger partial charge in [-0.1, -0.05) is 6.07 Å². The number of anilines is 1. The Kier molecular flexibility index (Phi) is 4.83. The van der Waals surface area contributed by atoms with Gasteiger partial charge >= 0.3 is 0 Å². The van der Waals surface area contributed by atoms with Crippen LogP contribution in [-0.4, -0.2) is 70.0 Å². The highest BCUT2D eigenvalue weighted by Gasteiger charge is 2.42. The number of carbonyl (C=O) groups is 1. The van der Waals surface area contributed by atoms with E-state index in [4.69, 9.17) is 0 Å². The molecule has 0 saturated carbocycles. The lowest BCUT2D eigenvalue weighted by atomic mass is 10.1. The van der Waals surface area contributed by atoms with Crippen molar-refractivity contribution >= 4 is 21.4 Å². The number of sulfone groups is 1. The SMILES string of the molecule is CN(C)c1cccc(C(=O)NC2CS(=O)(=O)CC2N2CCCC2)c1. The van der Waals surface area contributed by atoms with E-state index in [1.807, 2.05) is 37.2 Å². The van der Waals surface area contributed by atoms with E-state index in [2.05, 4.69) is 10.2 Å². The number of benzene rings is 1. The summed E-state index contributed by atoms with van der Waals surface area (Å²) in [6.07, 6.45) is 2.20. The molecule has 0 aliphatic carbocycles. The van der Waals surface area contributed by atoms with Crippen LogP contribution >= 0.6 is 0 Å². The Morgan fingerprint density at radius 2 is 1.92 bits per heavy atom. The van der Waals surface area contributed by atoms with Gasteiger partial charge in [0.2, 0.25) is 0 Å². The van der Waals surface area contributed by atoms with Crippen molar-refractivity contribution in [1.82, 2.24) is 10.2 Å². The fourth-order valence-electron chi connectivity index (χ4n) is 3.58. The number of likely N-dealkylation sites (tertiary alicyclic amines) is 1. The number of hydrogen-bond acceptors (Lipinski definition) is 5. The fourth-order valence-corrected chi connectivity index (χ4v) is 5.53. The molecule has 0 aromatic heterocycles. The predicted molar refractivity (Wildman–Crippen MR) is 95.3 cm³/mol. The maximum Gasteiger partial charge on any atom is 0.251 e. The second kappa shape index (κ2) is 6.72. The summed E-state index contributed by atoms with van der Waals surface area (Å²) in [5, 5.41) is 2.97. The minimum atomic E-state index is -3.10. The lowest BCUT2D eigenvalue weighted by Gasteiger charge is -2.28. The molecule has 0 spiro atoms. The average Bonchev–Trinajstić information content (AvgIpc) is 3.14. The molecule has 3 rings (SSSR count). The molecule has 6 nitrogen and oxygen atoms in total. The van der Waals surface area contributed by atoms with Gasteiger partial charge in [0.25, 0.3) is 5.91 Å². The molecule has 2 saturated heterocycles. The molecule has 2 heterocycles. The maximum atomic E-state index is 12.6. The van der Waals surface area contributed by atoms with E-state index in [0.29, 0.717) is 5.56 Å². The van der Waals surface area contributed by atoms with Crippen LogP contribution < -0.4 is 10.2 Å². The second-order valence-electron chi connectivity index (χ2n) is 6.91. The zero-order chi connectivity index (χ0) is 17.3. The van der Waals surface area contributed by atoms with Gasteiger partial charge in [-0.3, -0.25) is 9.69 Å². The van der Waals surface area contributed by atoms with E-state index in [0.717, 1.165) is 31.6 Å². The molecule has 132 valence electrons. The first-order valence-corrected chi connectivity index (χ1v) is 10.2. The molecule has 1 N–H and O–H groups in total. The molecule has 1 aromatic rings. The number of amides is 1.